The highest BCUT2D eigenvalue weighted by molar-refractivity contribution is 9.10. The van der Waals surface area contributed by atoms with Crippen LogP contribution in [0.5, 0.6) is 0 Å². The van der Waals surface area contributed by atoms with Crippen LogP contribution in [-0.4, -0.2) is 18.5 Å². The van der Waals surface area contributed by atoms with Crippen molar-refractivity contribution in [3.05, 3.63) is 69.7 Å². The third kappa shape index (κ3) is 6.26. The van der Waals surface area contributed by atoms with Gasteiger partial charge in [0.1, 0.15) is 0 Å². The van der Waals surface area contributed by atoms with Crippen LogP contribution < -0.4 is 5.32 Å². The van der Waals surface area contributed by atoms with E-state index in [4.69, 9.17) is 16.3 Å². The van der Waals surface area contributed by atoms with Gasteiger partial charge in [-0.2, -0.15) is 0 Å². The van der Waals surface area contributed by atoms with Crippen molar-refractivity contribution in [2.75, 3.05) is 11.9 Å². The van der Waals surface area contributed by atoms with Crippen molar-refractivity contribution in [1.82, 2.24) is 0 Å². The van der Waals surface area contributed by atoms with Gasteiger partial charge >= 0.3 is 5.97 Å². The maximum atomic E-state index is 11.7. The molecule has 118 valence electrons. The van der Waals surface area contributed by atoms with Gasteiger partial charge in [-0.1, -0.05) is 39.7 Å². The summed E-state index contributed by atoms with van der Waals surface area (Å²) in [6, 6.07) is 14.1. The van der Waals surface area contributed by atoms with Crippen LogP contribution in [0, 0.1) is 0 Å². The van der Waals surface area contributed by atoms with E-state index in [1.54, 1.807) is 30.3 Å². The summed E-state index contributed by atoms with van der Waals surface area (Å²) in [5, 5.41) is 3.18. The molecule has 0 aliphatic carbocycles. The summed E-state index contributed by atoms with van der Waals surface area (Å²) < 4.78 is 5.83. The predicted octanol–water partition coefficient (Wildman–Crippen LogP) is 4.30. The van der Waals surface area contributed by atoms with Crippen molar-refractivity contribution >= 4 is 51.2 Å². The minimum absolute atomic E-state index is 0.355. The average molecular weight is 395 g/mol. The van der Waals surface area contributed by atoms with Gasteiger partial charge in [0.2, 0.25) is 0 Å². The third-order valence-corrected chi connectivity index (χ3v) is 3.54. The molecule has 1 N–H and O–H groups in total. The van der Waals surface area contributed by atoms with Crippen molar-refractivity contribution in [1.29, 1.82) is 0 Å². The topological polar surface area (TPSA) is 55.4 Å². The highest BCUT2D eigenvalue weighted by atomic mass is 79.9. The smallest absolute Gasteiger partial charge is 0.331 e. The second-order valence-electron chi connectivity index (χ2n) is 4.55. The highest BCUT2D eigenvalue weighted by Gasteiger charge is 2.05. The Kier molecular flexibility index (Phi) is 6.38. The van der Waals surface area contributed by atoms with Crippen LogP contribution in [0.15, 0.2) is 59.1 Å². The van der Waals surface area contributed by atoms with E-state index in [9.17, 15) is 9.59 Å². The van der Waals surface area contributed by atoms with Gasteiger partial charge in [0.05, 0.1) is 0 Å². The number of hydrogen-bond acceptors (Lipinski definition) is 3. The standard InChI is InChI=1S/C17H13BrClNO3/c18-13-4-1-12(2-5-13)3-10-17(22)23-11-16(21)20-15-8-6-14(19)7-9-15/h1-10H,11H2,(H,20,21)/b10-3+. The van der Waals surface area contributed by atoms with E-state index in [2.05, 4.69) is 21.2 Å². The Hall–Kier alpha value is -2.11. The summed E-state index contributed by atoms with van der Waals surface area (Å²) in [5.74, 6) is -1.00. The first-order valence-electron chi connectivity index (χ1n) is 6.69. The highest BCUT2D eigenvalue weighted by Crippen LogP contribution is 2.13. The van der Waals surface area contributed by atoms with Crippen molar-refractivity contribution in [3.63, 3.8) is 0 Å². The molecular formula is C17H13BrClNO3. The van der Waals surface area contributed by atoms with Gasteiger partial charge in [-0.05, 0) is 48.0 Å². The number of halogens is 2. The summed E-state index contributed by atoms with van der Waals surface area (Å²) in [7, 11) is 0. The molecule has 4 nitrogen and oxygen atoms in total. The first-order chi connectivity index (χ1) is 11.0. The van der Waals surface area contributed by atoms with Gasteiger partial charge in [0.25, 0.3) is 5.91 Å². The SMILES string of the molecule is O=C(COC(=O)/C=C/c1ccc(Br)cc1)Nc1ccc(Cl)cc1. The van der Waals surface area contributed by atoms with E-state index >= 15 is 0 Å². The monoisotopic (exact) mass is 393 g/mol. The first kappa shape index (κ1) is 17.2. The van der Waals surface area contributed by atoms with Crippen LogP contribution >= 0.6 is 27.5 Å². The molecule has 0 fully saturated rings. The second kappa shape index (κ2) is 8.50. The number of nitrogens with one attached hydrogen (secondary N) is 1. The number of benzene rings is 2. The molecule has 0 unspecified atom stereocenters. The van der Waals surface area contributed by atoms with Crippen LogP contribution in [0.3, 0.4) is 0 Å². The number of hydrogen-bond donors (Lipinski definition) is 1. The fourth-order valence-electron chi connectivity index (χ4n) is 1.65. The van der Waals surface area contributed by atoms with Crippen LogP contribution in [0.25, 0.3) is 6.08 Å². The molecule has 23 heavy (non-hydrogen) atoms. The van der Waals surface area contributed by atoms with Crippen molar-refractivity contribution in [3.8, 4) is 0 Å². The van der Waals surface area contributed by atoms with Gasteiger partial charge in [-0.3, -0.25) is 4.79 Å². The van der Waals surface area contributed by atoms with Crippen LogP contribution in [-0.2, 0) is 14.3 Å². The Labute approximate surface area is 147 Å². The fourth-order valence-corrected chi connectivity index (χ4v) is 2.04. The zero-order valence-electron chi connectivity index (χ0n) is 12.0. The number of carbonyl (C=O) groups excluding carboxylic acids is 2. The maximum Gasteiger partial charge on any atom is 0.331 e. The van der Waals surface area contributed by atoms with E-state index < -0.39 is 11.9 Å². The quantitative estimate of drug-likeness (QED) is 0.608. The molecule has 2 aromatic carbocycles. The Morgan fingerprint density at radius 1 is 1.09 bits per heavy atom. The number of esters is 1. The molecule has 0 aromatic heterocycles. The minimum atomic E-state index is -0.584. The van der Waals surface area contributed by atoms with E-state index in [-0.39, 0.29) is 6.61 Å². The van der Waals surface area contributed by atoms with Crippen molar-refractivity contribution < 1.29 is 14.3 Å². The number of anilines is 1. The summed E-state index contributed by atoms with van der Waals surface area (Å²) in [6.07, 6.45) is 2.89. The molecule has 0 saturated carbocycles. The lowest BCUT2D eigenvalue weighted by atomic mass is 10.2. The van der Waals surface area contributed by atoms with Crippen molar-refractivity contribution in [2.45, 2.75) is 0 Å². The lowest BCUT2D eigenvalue weighted by Gasteiger charge is -2.05. The first-order valence-corrected chi connectivity index (χ1v) is 7.86. The lowest BCUT2D eigenvalue weighted by Crippen LogP contribution is -2.20. The predicted molar refractivity (Wildman–Crippen MR) is 94.2 cm³/mol. The maximum absolute atomic E-state index is 11.7. The van der Waals surface area contributed by atoms with E-state index in [0.29, 0.717) is 10.7 Å². The normalized spacial score (nSPS) is 10.5. The van der Waals surface area contributed by atoms with Gasteiger partial charge in [0, 0.05) is 21.3 Å². The Morgan fingerprint density at radius 3 is 2.39 bits per heavy atom. The number of rotatable bonds is 5. The number of carbonyl (C=O) groups is 2. The molecule has 0 radical (unpaired) electrons. The van der Waals surface area contributed by atoms with E-state index in [1.165, 1.54) is 6.08 Å². The molecule has 0 spiro atoms. The van der Waals surface area contributed by atoms with Gasteiger partial charge < -0.3 is 10.1 Å². The second-order valence-corrected chi connectivity index (χ2v) is 5.90. The Morgan fingerprint density at radius 2 is 1.74 bits per heavy atom. The molecule has 2 aromatic rings. The van der Waals surface area contributed by atoms with Gasteiger partial charge in [-0.25, -0.2) is 4.79 Å². The zero-order chi connectivity index (χ0) is 16.7. The average Bonchev–Trinajstić information content (AvgIpc) is 2.54. The molecule has 1 amide bonds. The van der Waals surface area contributed by atoms with Gasteiger partial charge in [-0.15, -0.1) is 0 Å². The molecule has 0 bridgehead atoms. The number of ether oxygens (including phenoxy) is 1. The minimum Gasteiger partial charge on any atom is -0.452 e. The zero-order valence-corrected chi connectivity index (χ0v) is 14.3. The summed E-state index contributed by atoms with van der Waals surface area (Å²) in [5.41, 5.74) is 1.44. The van der Waals surface area contributed by atoms with Crippen LogP contribution in [0.2, 0.25) is 5.02 Å². The van der Waals surface area contributed by atoms with E-state index in [0.717, 1.165) is 10.0 Å². The third-order valence-electron chi connectivity index (χ3n) is 2.76. The van der Waals surface area contributed by atoms with Crippen LogP contribution in [0.1, 0.15) is 5.56 Å². The molecule has 0 heterocycles. The fraction of sp³-hybridized carbons (Fsp3) is 0.0588. The molecule has 2 rings (SSSR count). The molecule has 0 aliphatic heterocycles. The summed E-state index contributed by atoms with van der Waals surface area (Å²) in [4.78, 5) is 23.2. The lowest BCUT2D eigenvalue weighted by molar-refractivity contribution is -0.142. The van der Waals surface area contributed by atoms with Crippen LogP contribution in [0.4, 0.5) is 5.69 Å². The molecule has 0 saturated heterocycles. The largest absolute Gasteiger partial charge is 0.452 e. The Bertz CT molecular complexity index is 712. The van der Waals surface area contributed by atoms with Gasteiger partial charge in [0.15, 0.2) is 6.61 Å². The summed E-state index contributed by atoms with van der Waals surface area (Å²) in [6.45, 7) is -0.355. The molecular weight excluding hydrogens is 382 g/mol. The van der Waals surface area contributed by atoms with E-state index in [1.807, 2.05) is 24.3 Å². The van der Waals surface area contributed by atoms with Crippen molar-refractivity contribution in [2.24, 2.45) is 0 Å². The molecule has 0 aliphatic rings. The number of amides is 1. The summed E-state index contributed by atoms with van der Waals surface area (Å²) >= 11 is 9.08. The molecule has 6 heteroatoms. The molecule has 0 atom stereocenters. The Balaban J connectivity index is 1.78.